The van der Waals surface area contributed by atoms with E-state index in [9.17, 15) is 9.59 Å². The average Bonchev–Trinajstić information content (AvgIpc) is 2.42. The summed E-state index contributed by atoms with van der Waals surface area (Å²) < 4.78 is 0. The minimum atomic E-state index is -0.0629. The Kier molecular flexibility index (Phi) is 6.56. The monoisotopic (exact) mass is 285 g/mol. The standard InChI is InChI=1S/C13H20ClN3O2/c1-9(12(14)16-7-6-15)8-17-13(19)10-2-4-11(18)5-3-10/h6-7,9-10H,2-5,8,15H2,1H3,(H,17,19)/b7-6-,16-12?. The van der Waals surface area contributed by atoms with Gasteiger partial charge in [0.25, 0.3) is 0 Å². The second-order valence-electron chi connectivity index (χ2n) is 4.75. The normalized spacial score (nSPS) is 19.7. The van der Waals surface area contributed by atoms with Crippen LogP contribution in [0.15, 0.2) is 17.4 Å². The fourth-order valence-electron chi connectivity index (χ4n) is 1.93. The van der Waals surface area contributed by atoms with E-state index in [4.69, 9.17) is 17.3 Å². The molecule has 0 saturated heterocycles. The van der Waals surface area contributed by atoms with E-state index in [-0.39, 0.29) is 23.5 Å². The topological polar surface area (TPSA) is 84.5 Å². The van der Waals surface area contributed by atoms with Crippen LogP contribution >= 0.6 is 11.6 Å². The lowest BCUT2D eigenvalue weighted by atomic mass is 9.88. The maximum Gasteiger partial charge on any atom is 0.223 e. The molecule has 3 N–H and O–H groups in total. The van der Waals surface area contributed by atoms with Gasteiger partial charge in [-0.1, -0.05) is 18.5 Å². The molecule has 0 spiro atoms. The van der Waals surface area contributed by atoms with Crippen molar-refractivity contribution in [3.63, 3.8) is 0 Å². The third-order valence-corrected chi connectivity index (χ3v) is 3.66. The summed E-state index contributed by atoms with van der Waals surface area (Å²) in [4.78, 5) is 26.9. The molecule has 0 bridgehead atoms. The molecule has 5 nitrogen and oxygen atoms in total. The van der Waals surface area contributed by atoms with Crippen LogP contribution in [0.3, 0.4) is 0 Å². The highest BCUT2D eigenvalue weighted by Gasteiger charge is 2.24. The van der Waals surface area contributed by atoms with E-state index in [0.717, 1.165) is 0 Å². The van der Waals surface area contributed by atoms with Gasteiger partial charge in [0.05, 0.1) is 0 Å². The van der Waals surface area contributed by atoms with E-state index in [1.807, 2.05) is 6.92 Å². The number of hydrogen-bond acceptors (Lipinski definition) is 4. The van der Waals surface area contributed by atoms with Crippen molar-refractivity contribution in [3.05, 3.63) is 12.4 Å². The molecule has 1 amide bonds. The largest absolute Gasteiger partial charge is 0.403 e. The van der Waals surface area contributed by atoms with Gasteiger partial charge in [-0.25, -0.2) is 4.99 Å². The first kappa shape index (κ1) is 15.7. The Morgan fingerprint density at radius 2 is 2.21 bits per heavy atom. The molecule has 1 fully saturated rings. The van der Waals surface area contributed by atoms with E-state index in [1.54, 1.807) is 0 Å². The lowest BCUT2D eigenvalue weighted by Crippen LogP contribution is -2.36. The van der Waals surface area contributed by atoms with Gasteiger partial charge in [0, 0.05) is 43.6 Å². The molecule has 19 heavy (non-hydrogen) atoms. The number of Topliss-reactive ketones (excluding diaryl/α,β-unsaturated/α-hetero) is 1. The molecule has 0 aliphatic heterocycles. The fraction of sp³-hybridized carbons (Fsp3) is 0.615. The number of halogens is 1. The average molecular weight is 286 g/mol. The zero-order valence-electron chi connectivity index (χ0n) is 11.1. The van der Waals surface area contributed by atoms with Gasteiger partial charge < -0.3 is 11.1 Å². The smallest absolute Gasteiger partial charge is 0.223 e. The number of carbonyl (C=O) groups is 2. The van der Waals surface area contributed by atoms with Crippen LogP contribution in [0.4, 0.5) is 0 Å². The van der Waals surface area contributed by atoms with Crippen LogP contribution in [0.25, 0.3) is 0 Å². The SMILES string of the molecule is CC(CNC(=O)C1CCC(=O)CC1)C(Cl)=N/C=C\N. The predicted molar refractivity (Wildman–Crippen MR) is 75.8 cm³/mol. The molecule has 0 aromatic rings. The number of rotatable bonds is 5. The molecule has 106 valence electrons. The lowest BCUT2D eigenvalue weighted by molar-refractivity contribution is -0.128. The predicted octanol–water partition coefficient (Wildman–Crippen LogP) is 1.57. The molecule has 0 radical (unpaired) electrons. The van der Waals surface area contributed by atoms with Gasteiger partial charge in [-0.15, -0.1) is 0 Å². The molecule has 1 aliphatic carbocycles. The van der Waals surface area contributed by atoms with Gasteiger partial charge in [-0.3, -0.25) is 9.59 Å². The minimum Gasteiger partial charge on any atom is -0.403 e. The van der Waals surface area contributed by atoms with Gasteiger partial charge in [-0.05, 0) is 12.8 Å². The number of ketones is 1. The zero-order chi connectivity index (χ0) is 14.3. The lowest BCUT2D eigenvalue weighted by Gasteiger charge is -2.21. The Hall–Kier alpha value is -1.36. The molecule has 1 aliphatic rings. The summed E-state index contributed by atoms with van der Waals surface area (Å²) in [5.41, 5.74) is 5.16. The number of nitrogens with two attached hydrogens (primary N) is 1. The molecular weight excluding hydrogens is 266 g/mol. The van der Waals surface area contributed by atoms with E-state index in [0.29, 0.717) is 37.4 Å². The Morgan fingerprint density at radius 1 is 1.58 bits per heavy atom. The van der Waals surface area contributed by atoms with Crippen molar-refractivity contribution in [1.82, 2.24) is 5.32 Å². The second kappa shape index (κ2) is 7.94. The van der Waals surface area contributed by atoms with Gasteiger partial charge in [0.2, 0.25) is 5.91 Å². The number of amides is 1. The van der Waals surface area contributed by atoms with Crippen molar-refractivity contribution in [2.45, 2.75) is 32.6 Å². The first-order valence-electron chi connectivity index (χ1n) is 6.44. The van der Waals surface area contributed by atoms with E-state index < -0.39 is 0 Å². The van der Waals surface area contributed by atoms with Gasteiger partial charge in [-0.2, -0.15) is 0 Å². The van der Waals surface area contributed by atoms with Crippen LogP contribution in [-0.4, -0.2) is 23.4 Å². The summed E-state index contributed by atoms with van der Waals surface area (Å²) in [6.07, 6.45) is 5.03. The maximum atomic E-state index is 11.9. The number of nitrogens with one attached hydrogen (secondary N) is 1. The van der Waals surface area contributed by atoms with Crippen LogP contribution in [0.2, 0.25) is 0 Å². The van der Waals surface area contributed by atoms with Crippen molar-refractivity contribution < 1.29 is 9.59 Å². The minimum absolute atomic E-state index is 0.00168. The number of hydrogen-bond donors (Lipinski definition) is 2. The summed E-state index contributed by atoms with van der Waals surface area (Å²) in [6.45, 7) is 2.31. The van der Waals surface area contributed by atoms with Gasteiger partial charge >= 0.3 is 0 Å². The second-order valence-corrected chi connectivity index (χ2v) is 5.14. The van der Waals surface area contributed by atoms with Crippen molar-refractivity contribution in [2.75, 3.05) is 6.54 Å². The zero-order valence-corrected chi connectivity index (χ0v) is 11.8. The molecule has 0 aromatic carbocycles. The molecule has 1 saturated carbocycles. The maximum absolute atomic E-state index is 11.9. The van der Waals surface area contributed by atoms with E-state index in [1.165, 1.54) is 12.4 Å². The highest BCUT2D eigenvalue weighted by Crippen LogP contribution is 2.21. The van der Waals surface area contributed by atoms with Crippen LogP contribution in [0.1, 0.15) is 32.6 Å². The summed E-state index contributed by atoms with van der Waals surface area (Å²) in [6, 6.07) is 0. The molecule has 1 rings (SSSR count). The highest BCUT2D eigenvalue weighted by atomic mass is 35.5. The number of carbonyl (C=O) groups excluding carboxylic acids is 2. The molecule has 0 aromatic heterocycles. The van der Waals surface area contributed by atoms with Crippen LogP contribution < -0.4 is 11.1 Å². The van der Waals surface area contributed by atoms with Crippen LogP contribution in [-0.2, 0) is 9.59 Å². The Bertz CT molecular complexity index is 383. The van der Waals surface area contributed by atoms with E-state index in [2.05, 4.69) is 10.3 Å². The Morgan fingerprint density at radius 3 is 2.79 bits per heavy atom. The summed E-state index contributed by atoms with van der Waals surface area (Å²) in [5.74, 6) is 0.135. The Balaban J connectivity index is 2.35. The first-order chi connectivity index (χ1) is 9.04. The first-order valence-corrected chi connectivity index (χ1v) is 6.81. The van der Waals surface area contributed by atoms with Gasteiger partial charge in [0.1, 0.15) is 11.0 Å². The fourth-order valence-corrected chi connectivity index (χ4v) is 2.06. The van der Waals surface area contributed by atoms with Crippen LogP contribution in [0, 0.1) is 11.8 Å². The highest BCUT2D eigenvalue weighted by molar-refractivity contribution is 6.65. The van der Waals surface area contributed by atoms with Crippen LogP contribution in [0.5, 0.6) is 0 Å². The summed E-state index contributed by atoms with van der Waals surface area (Å²) in [7, 11) is 0. The quantitative estimate of drug-likeness (QED) is 0.752. The molecule has 1 unspecified atom stereocenters. The molecule has 6 heteroatoms. The molecule has 0 heterocycles. The Labute approximate surface area is 118 Å². The van der Waals surface area contributed by atoms with Crippen molar-refractivity contribution in [2.24, 2.45) is 22.6 Å². The third-order valence-electron chi connectivity index (χ3n) is 3.19. The molecule has 1 atom stereocenters. The van der Waals surface area contributed by atoms with Gasteiger partial charge in [0.15, 0.2) is 0 Å². The van der Waals surface area contributed by atoms with Crippen molar-refractivity contribution in [3.8, 4) is 0 Å². The number of nitrogens with zero attached hydrogens (tertiary/aromatic N) is 1. The van der Waals surface area contributed by atoms with Crippen molar-refractivity contribution in [1.29, 1.82) is 0 Å². The van der Waals surface area contributed by atoms with Crippen molar-refractivity contribution >= 4 is 28.5 Å². The summed E-state index contributed by atoms with van der Waals surface area (Å²) in [5, 5.41) is 3.26. The van der Waals surface area contributed by atoms with E-state index >= 15 is 0 Å². The molecular formula is C13H20ClN3O2. The summed E-state index contributed by atoms with van der Waals surface area (Å²) >= 11 is 5.95. The third kappa shape index (κ3) is 5.42. The number of aliphatic imine (C=N–C) groups is 1.